The molecular weight excluding hydrogens is 418 g/mol. The molecule has 0 aliphatic heterocycles. The third-order valence-electron chi connectivity index (χ3n) is 3.80. The molecule has 146 valence electrons. The number of nitrogens with zero attached hydrogens (tertiary/aromatic N) is 1. The van der Waals surface area contributed by atoms with Crippen LogP contribution in [0.25, 0.3) is 0 Å². The predicted octanol–water partition coefficient (Wildman–Crippen LogP) is 5.43. The Morgan fingerprint density at radius 2 is 1.86 bits per heavy atom. The molecule has 3 N–H and O–H groups in total. The van der Waals surface area contributed by atoms with E-state index in [0.717, 1.165) is 24.5 Å². The number of oxazole rings is 1. The number of alkyl halides is 3. The number of rotatable bonds is 4. The Bertz CT molecular complexity index is 1010. The van der Waals surface area contributed by atoms with E-state index in [9.17, 15) is 18.0 Å². The van der Waals surface area contributed by atoms with E-state index < -0.39 is 17.6 Å². The number of benzene rings is 2. The lowest BCUT2D eigenvalue weighted by molar-refractivity contribution is -0.137. The van der Waals surface area contributed by atoms with Gasteiger partial charge in [0.25, 0.3) is 5.91 Å². The molecule has 1 heterocycles. The van der Waals surface area contributed by atoms with Gasteiger partial charge in [0, 0.05) is 10.0 Å². The number of carbonyl (C=O) groups excluding carboxylic acids is 1. The van der Waals surface area contributed by atoms with Crippen LogP contribution in [0.3, 0.4) is 0 Å². The molecule has 0 spiro atoms. The van der Waals surface area contributed by atoms with E-state index in [1.807, 2.05) is 0 Å². The van der Waals surface area contributed by atoms with Crippen molar-refractivity contribution in [2.24, 2.45) is 0 Å². The molecule has 5 nitrogen and oxygen atoms in total. The van der Waals surface area contributed by atoms with Gasteiger partial charge in [-0.1, -0.05) is 29.3 Å². The van der Waals surface area contributed by atoms with Crippen LogP contribution in [-0.2, 0) is 12.6 Å². The van der Waals surface area contributed by atoms with E-state index in [1.165, 1.54) is 0 Å². The number of hydrogen-bond donors (Lipinski definition) is 2. The lowest BCUT2D eigenvalue weighted by Crippen LogP contribution is -2.15. The van der Waals surface area contributed by atoms with E-state index in [4.69, 9.17) is 33.4 Å². The summed E-state index contributed by atoms with van der Waals surface area (Å²) in [6.45, 7) is 0. The van der Waals surface area contributed by atoms with Crippen molar-refractivity contribution in [3.05, 3.63) is 75.4 Å². The van der Waals surface area contributed by atoms with Gasteiger partial charge in [0.05, 0.1) is 23.4 Å². The van der Waals surface area contributed by atoms with Crippen molar-refractivity contribution in [2.75, 3.05) is 11.1 Å². The van der Waals surface area contributed by atoms with Gasteiger partial charge in [-0.3, -0.25) is 4.79 Å². The Morgan fingerprint density at radius 3 is 2.50 bits per heavy atom. The molecule has 10 heteroatoms. The molecule has 0 saturated heterocycles. The smallest absolute Gasteiger partial charge is 0.416 e. The number of halogens is 5. The summed E-state index contributed by atoms with van der Waals surface area (Å²) in [5, 5.41) is 3.12. The number of carbonyl (C=O) groups is 1. The van der Waals surface area contributed by atoms with Crippen molar-refractivity contribution in [3.63, 3.8) is 0 Å². The molecule has 0 aliphatic rings. The van der Waals surface area contributed by atoms with Gasteiger partial charge in [-0.2, -0.15) is 13.2 Å². The molecule has 0 saturated carbocycles. The van der Waals surface area contributed by atoms with Gasteiger partial charge in [0.15, 0.2) is 11.6 Å². The minimum atomic E-state index is -4.57. The highest BCUT2D eigenvalue weighted by atomic mass is 35.5. The second-order valence-electron chi connectivity index (χ2n) is 5.76. The van der Waals surface area contributed by atoms with Crippen LogP contribution in [0.15, 0.2) is 47.1 Å². The summed E-state index contributed by atoms with van der Waals surface area (Å²) in [6, 6.07) is 7.61. The zero-order chi connectivity index (χ0) is 20.5. The molecule has 0 fully saturated rings. The van der Waals surface area contributed by atoms with E-state index >= 15 is 0 Å². The Morgan fingerprint density at radius 1 is 1.18 bits per heavy atom. The summed E-state index contributed by atoms with van der Waals surface area (Å²) in [5.74, 6) is -0.608. The molecule has 3 rings (SSSR count). The quantitative estimate of drug-likeness (QED) is 0.542. The SMILES string of the molecule is Nc1ccc(C(F)(F)F)cc1NC(=O)c1coc(Cc2c(Cl)cccc2Cl)n1. The van der Waals surface area contributed by atoms with Gasteiger partial charge >= 0.3 is 6.18 Å². The Hall–Kier alpha value is -2.71. The van der Waals surface area contributed by atoms with Gasteiger partial charge < -0.3 is 15.5 Å². The second kappa shape index (κ2) is 7.73. The zero-order valence-corrected chi connectivity index (χ0v) is 15.5. The normalized spacial score (nSPS) is 11.5. The fourth-order valence-electron chi connectivity index (χ4n) is 2.38. The maximum absolute atomic E-state index is 12.8. The van der Waals surface area contributed by atoms with E-state index in [2.05, 4.69) is 10.3 Å². The minimum absolute atomic E-state index is 0.0204. The van der Waals surface area contributed by atoms with Crippen molar-refractivity contribution >= 4 is 40.5 Å². The van der Waals surface area contributed by atoms with Crippen molar-refractivity contribution in [1.82, 2.24) is 4.98 Å². The first-order chi connectivity index (χ1) is 13.1. The first kappa shape index (κ1) is 20.0. The van der Waals surface area contributed by atoms with Crippen molar-refractivity contribution < 1.29 is 22.4 Å². The molecular formula is C18H12Cl2F3N3O2. The summed E-state index contributed by atoms with van der Waals surface area (Å²) in [5.41, 5.74) is 4.94. The van der Waals surface area contributed by atoms with Crippen molar-refractivity contribution in [2.45, 2.75) is 12.6 Å². The lowest BCUT2D eigenvalue weighted by atomic mass is 10.1. The first-order valence-corrected chi connectivity index (χ1v) is 8.56. The maximum Gasteiger partial charge on any atom is 0.416 e. The summed E-state index contributed by atoms with van der Waals surface area (Å²) in [6.07, 6.45) is -3.35. The zero-order valence-electron chi connectivity index (χ0n) is 14.0. The third kappa shape index (κ3) is 4.40. The molecule has 0 unspecified atom stereocenters. The highest BCUT2D eigenvalue weighted by molar-refractivity contribution is 6.36. The van der Waals surface area contributed by atoms with Crippen molar-refractivity contribution in [3.8, 4) is 0 Å². The molecule has 0 radical (unpaired) electrons. The van der Waals surface area contributed by atoms with Crippen LogP contribution in [0.2, 0.25) is 10.0 Å². The van der Waals surface area contributed by atoms with Crippen LogP contribution in [-0.4, -0.2) is 10.9 Å². The van der Waals surface area contributed by atoms with Crippen LogP contribution in [0.4, 0.5) is 24.5 Å². The van der Waals surface area contributed by atoms with Crippen LogP contribution in [0.1, 0.15) is 27.5 Å². The van der Waals surface area contributed by atoms with E-state index in [-0.39, 0.29) is 29.4 Å². The molecule has 0 atom stereocenters. The summed E-state index contributed by atoms with van der Waals surface area (Å²) in [7, 11) is 0. The molecule has 1 amide bonds. The molecule has 28 heavy (non-hydrogen) atoms. The van der Waals surface area contributed by atoms with Gasteiger partial charge in [-0.05, 0) is 35.9 Å². The number of anilines is 2. The number of aromatic nitrogens is 1. The van der Waals surface area contributed by atoms with Gasteiger partial charge in [-0.15, -0.1) is 0 Å². The van der Waals surface area contributed by atoms with Crippen LogP contribution < -0.4 is 11.1 Å². The summed E-state index contributed by atoms with van der Waals surface area (Å²) in [4.78, 5) is 16.3. The van der Waals surface area contributed by atoms with Crippen LogP contribution in [0, 0.1) is 0 Å². The number of nitrogens with two attached hydrogens (primary N) is 1. The average molecular weight is 430 g/mol. The largest absolute Gasteiger partial charge is 0.448 e. The van der Waals surface area contributed by atoms with E-state index in [0.29, 0.717) is 15.6 Å². The Balaban J connectivity index is 1.78. The van der Waals surface area contributed by atoms with E-state index in [1.54, 1.807) is 18.2 Å². The monoisotopic (exact) mass is 429 g/mol. The fourth-order valence-corrected chi connectivity index (χ4v) is 2.91. The molecule has 2 aromatic carbocycles. The molecule has 1 aromatic heterocycles. The number of hydrogen-bond acceptors (Lipinski definition) is 4. The second-order valence-corrected chi connectivity index (χ2v) is 6.57. The van der Waals surface area contributed by atoms with Crippen LogP contribution >= 0.6 is 23.2 Å². The highest BCUT2D eigenvalue weighted by Crippen LogP contribution is 2.33. The Kier molecular flexibility index (Phi) is 5.53. The number of nitrogens with one attached hydrogen (secondary N) is 1. The lowest BCUT2D eigenvalue weighted by Gasteiger charge is -2.11. The molecule has 0 bridgehead atoms. The minimum Gasteiger partial charge on any atom is -0.448 e. The maximum atomic E-state index is 12.8. The van der Waals surface area contributed by atoms with Crippen LogP contribution in [0.5, 0.6) is 0 Å². The number of amides is 1. The first-order valence-electron chi connectivity index (χ1n) is 7.80. The Labute approximate surface area is 167 Å². The topological polar surface area (TPSA) is 81.1 Å². The fraction of sp³-hybridized carbons (Fsp3) is 0.111. The highest BCUT2D eigenvalue weighted by Gasteiger charge is 2.31. The van der Waals surface area contributed by atoms with Gasteiger partial charge in [-0.25, -0.2) is 4.98 Å². The number of nitrogen functional groups attached to an aromatic ring is 1. The predicted molar refractivity (Wildman–Crippen MR) is 99.6 cm³/mol. The van der Waals surface area contributed by atoms with Crippen molar-refractivity contribution in [1.29, 1.82) is 0 Å². The van der Waals surface area contributed by atoms with Gasteiger partial charge in [0.2, 0.25) is 0 Å². The third-order valence-corrected chi connectivity index (χ3v) is 4.51. The molecule has 0 aliphatic carbocycles. The molecule has 3 aromatic rings. The summed E-state index contributed by atoms with van der Waals surface area (Å²) < 4.78 is 43.7. The summed E-state index contributed by atoms with van der Waals surface area (Å²) >= 11 is 12.2. The van der Waals surface area contributed by atoms with Gasteiger partial charge in [0.1, 0.15) is 6.26 Å². The standard InChI is InChI=1S/C18H12Cl2F3N3O2/c19-11-2-1-3-12(20)10(11)7-16-25-15(8-28-16)17(27)26-14-6-9(18(21,22)23)4-5-13(14)24/h1-6,8H,7,24H2,(H,26,27). The average Bonchev–Trinajstić information content (AvgIpc) is 3.08.